The van der Waals surface area contributed by atoms with Gasteiger partial charge in [0.1, 0.15) is 12.1 Å². The van der Waals surface area contributed by atoms with Crippen molar-refractivity contribution >= 4 is 33.1 Å². The van der Waals surface area contributed by atoms with Crippen LogP contribution in [0.4, 0.5) is 5.69 Å². The number of aryl methyl sites for hydroxylation is 1. The number of benzene rings is 1. The standard InChI is InChI=1S/C17H19N5O3S/c1-10-18-12-5-4-11(6-16(12)26-10)21(2)17(23)13-7-22(20-19-13)14-8-25-9-15(14)24-3/h4-7,14-15H,8-9H2,1-3H3/t14-,15-/m1/s1. The van der Waals surface area contributed by atoms with E-state index >= 15 is 0 Å². The number of methoxy groups -OCH3 is 1. The van der Waals surface area contributed by atoms with Gasteiger partial charge in [-0.1, -0.05) is 5.21 Å². The molecule has 0 saturated carbocycles. The molecular formula is C17H19N5O3S. The molecule has 0 radical (unpaired) electrons. The maximum absolute atomic E-state index is 12.8. The van der Waals surface area contributed by atoms with E-state index in [9.17, 15) is 4.79 Å². The van der Waals surface area contributed by atoms with Crippen LogP contribution in [0.25, 0.3) is 10.2 Å². The molecule has 0 spiro atoms. The number of hydrogen-bond donors (Lipinski definition) is 0. The predicted octanol–water partition coefficient (Wildman–Crippen LogP) is 2.06. The maximum atomic E-state index is 12.8. The molecule has 9 heteroatoms. The minimum absolute atomic E-state index is 0.0733. The fourth-order valence-corrected chi connectivity index (χ4v) is 3.92. The van der Waals surface area contributed by atoms with Crippen LogP contribution >= 0.6 is 11.3 Å². The van der Waals surface area contributed by atoms with E-state index in [0.717, 1.165) is 20.9 Å². The number of amides is 1. The monoisotopic (exact) mass is 373 g/mol. The molecule has 26 heavy (non-hydrogen) atoms. The normalized spacial score (nSPS) is 20.0. The third-order valence-electron chi connectivity index (χ3n) is 4.54. The van der Waals surface area contributed by atoms with E-state index in [0.29, 0.717) is 13.2 Å². The van der Waals surface area contributed by atoms with Crippen molar-refractivity contribution in [2.24, 2.45) is 0 Å². The lowest BCUT2D eigenvalue weighted by molar-refractivity contribution is 0.0661. The Morgan fingerprint density at radius 3 is 3.08 bits per heavy atom. The Morgan fingerprint density at radius 2 is 2.27 bits per heavy atom. The number of carbonyl (C=O) groups excluding carboxylic acids is 1. The number of rotatable bonds is 4. The van der Waals surface area contributed by atoms with Gasteiger partial charge in [0.2, 0.25) is 0 Å². The number of ether oxygens (including phenoxy) is 2. The number of carbonyl (C=O) groups is 1. The number of hydrogen-bond acceptors (Lipinski definition) is 7. The molecule has 3 aromatic rings. The lowest BCUT2D eigenvalue weighted by atomic mass is 10.2. The zero-order chi connectivity index (χ0) is 18.3. The third kappa shape index (κ3) is 2.98. The topological polar surface area (TPSA) is 82.4 Å². The molecule has 1 fully saturated rings. The Morgan fingerprint density at radius 1 is 1.42 bits per heavy atom. The van der Waals surface area contributed by atoms with E-state index in [1.54, 1.807) is 41.3 Å². The molecule has 0 N–H and O–H groups in total. The van der Waals surface area contributed by atoms with Crippen LogP contribution in [-0.4, -0.2) is 59.4 Å². The molecule has 8 nitrogen and oxygen atoms in total. The molecule has 1 saturated heterocycles. The van der Waals surface area contributed by atoms with E-state index in [1.807, 2.05) is 25.1 Å². The van der Waals surface area contributed by atoms with Gasteiger partial charge < -0.3 is 14.4 Å². The predicted molar refractivity (Wildman–Crippen MR) is 97.8 cm³/mol. The first-order valence-electron chi connectivity index (χ1n) is 8.24. The Balaban J connectivity index is 1.56. The first-order valence-corrected chi connectivity index (χ1v) is 9.06. The fraction of sp³-hybridized carbons (Fsp3) is 0.412. The second kappa shape index (κ2) is 6.75. The van der Waals surface area contributed by atoms with Crippen molar-refractivity contribution in [3.63, 3.8) is 0 Å². The van der Waals surface area contributed by atoms with E-state index in [1.165, 1.54) is 0 Å². The van der Waals surface area contributed by atoms with Gasteiger partial charge >= 0.3 is 0 Å². The SMILES string of the molecule is CO[C@@H]1COC[C@H]1n1cc(C(=O)N(C)c2ccc3nc(C)sc3c2)nn1. The van der Waals surface area contributed by atoms with Crippen molar-refractivity contribution in [2.75, 3.05) is 32.3 Å². The van der Waals surface area contributed by atoms with E-state index in [4.69, 9.17) is 9.47 Å². The average Bonchev–Trinajstić information content (AvgIpc) is 3.36. The van der Waals surface area contributed by atoms with Crippen LogP contribution in [0, 0.1) is 6.92 Å². The number of anilines is 1. The molecule has 3 heterocycles. The summed E-state index contributed by atoms with van der Waals surface area (Å²) in [5.41, 5.74) is 2.02. The summed E-state index contributed by atoms with van der Waals surface area (Å²) in [6.07, 6.45) is 1.56. The summed E-state index contributed by atoms with van der Waals surface area (Å²) in [7, 11) is 3.37. The summed E-state index contributed by atoms with van der Waals surface area (Å²) in [6.45, 7) is 2.97. The van der Waals surface area contributed by atoms with Crippen LogP contribution in [0.5, 0.6) is 0 Å². The van der Waals surface area contributed by atoms with Crippen LogP contribution in [0.3, 0.4) is 0 Å². The average molecular weight is 373 g/mol. The third-order valence-corrected chi connectivity index (χ3v) is 5.48. The van der Waals surface area contributed by atoms with Gasteiger partial charge in [-0.05, 0) is 25.1 Å². The molecule has 0 bridgehead atoms. The molecule has 2 aromatic heterocycles. The minimum Gasteiger partial charge on any atom is -0.377 e. The first-order chi connectivity index (χ1) is 12.6. The molecule has 1 aromatic carbocycles. The van der Waals surface area contributed by atoms with Gasteiger partial charge in [0.15, 0.2) is 5.69 Å². The summed E-state index contributed by atoms with van der Waals surface area (Å²) in [5.74, 6) is -0.218. The number of thiazole rings is 1. The van der Waals surface area contributed by atoms with Crippen LogP contribution in [0.15, 0.2) is 24.4 Å². The van der Waals surface area contributed by atoms with E-state index < -0.39 is 0 Å². The molecule has 1 aliphatic heterocycles. The Labute approximate surface area is 154 Å². The summed E-state index contributed by atoms with van der Waals surface area (Å²) >= 11 is 1.61. The van der Waals surface area contributed by atoms with Gasteiger partial charge in [0.25, 0.3) is 5.91 Å². The lowest BCUT2D eigenvalue weighted by Gasteiger charge is -2.16. The van der Waals surface area contributed by atoms with Crippen molar-refractivity contribution < 1.29 is 14.3 Å². The van der Waals surface area contributed by atoms with Crippen LogP contribution < -0.4 is 4.90 Å². The fourth-order valence-electron chi connectivity index (χ4n) is 3.06. The van der Waals surface area contributed by atoms with Crippen molar-refractivity contribution in [3.05, 3.63) is 35.1 Å². The maximum Gasteiger partial charge on any atom is 0.280 e. The zero-order valence-corrected chi connectivity index (χ0v) is 15.6. The zero-order valence-electron chi connectivity index (χ0n) is 14.7. The van der Waals surface area contributed by atoms with Gasteiger partial charge in [0, 0.05) is 19.8 Å². The Kier molecular flexibility index (Phi) is 4.43. The summed E-state index contributed by atoms with van der Waals surface area (Å²) < 4.78 is 13.5. The van der Waals surface area contributed by atoms with E-state index in [-0.39, 0.29) is 23.7 Å². The van der Waals surface area contributed by atoms with Gasteiger partial charge in [-0.15, -0.1) is 16.4 Å². The first kappa shape index (κ1) is 17.1. The van der Waals surface area contributed by atoms with E-state index in [2.05, 4.69) is 15.3 Å². The summed E-state index contributed by atoms with van der Waals surface area (Å²) in [4.78, 5) is 18.8. The summed E-state index contributed by atoms with van der Waals surface area (Å²) in [5, 5.41) is 9.14. The van der Waals surface area contributed by atoms with Gasteiger partial charge in [-0.3, -0.25) is 4.79 Å². The number of nitrogens with zero attached hydrogens (tertiary/aromatic N) is 5. The smallest absolute Gasteiger partial charge is 0.280 e. The highest BCUT2D eigenvalue weighted by Crippen LogP contribution is 2.27. The number of aromatic nitrogens is 4. The highest BCUT2D eigenvalue weighted by atomic mass is 32.1. The molecule has 1 aliphatic rings. The molecular weight excluding hydrogens is 354 g/mol. The second-order valence-electron chi connectivity index (χ2n) is 6.21. The molecule has 1 amide bonds. The van der Waals surface area contributed by atoms with Crippen molar-refractivity contribution in [1.29, 1.82) is 0 Å². The van der Waals surface area contributed by atoms with Gasteiger partial charge in [-0.2, -0.15) is 0 Å². The quantitative estimate of drug-likeness (QED) is 0.696. The van der Waals surface area contributed by atoms with Crippen molar-refractivity contribution in [1.82, 2.24) is 20.0 Å². The summed E-state index contributed by atoms with van der Waals surface area (Å²) in [6, 6.07) is 5.70. The van der Waals surface area contributed by atoms with Crippen molar-refractivity contribution in [3.8, 4) is 0 Å². The Hall–Kier alpha value is -2.36. The lowest BCUT2D eigenvalue weighted by Crippen LogP contribution is -2.27. The highest BCUT2D eigenvalue weighted by Gasteiger charge is 2.31. The molecule has 2 atom stereocenters. The largest absolute Gasteiger partial charge is 0.377 e. The Bertz CT molecular complexity index is 953. The number of fused-ring (bicyclic) bond motifs is 1. The molecule has 136 valence electrons. The highest BCUT2D eigenvalue weighted by molar-refractivity contribution is 7.18. The van der Waals surface area contributed by atoms with Crippen LogP contribution in [-0.2, 0) is 9.47 Å². The van der Waals surface area contributed by atoms with Crippen LogP contribution in [0.2, 0.25) is 0 Å². The molecule has 0 unspecified atom stereocenters. The molecule has 0 aliphatic carbocycles. The minimum atomic E-state index is -0.218. The molecule has 4 rings (SSSR count). The second-order valence-corrected chi connectivity index (χ2v) is 7.45. The van der Waals surface area contributed by atoms with Gasteiger partial charge in [-0.25, -0.2) is 9.67 Å². The van der Waals surface area contributed by atoms with Crippen LogP contribution in [0.1, 0.15) is 21.5 Å². The van der Waals surface area contributed by atoms with Gasteiger partial charge in [0.05, 0.1) is 34.6 Å². The van der Waals surface area contributed by atoms with Crippen molar-refractivity contribution in [2.45, 2.75) is 19.1 Å².